The summed E-state index contributed by atoms with van der Waals surface area (Å²) in [7, 11) is 4.25. The molecule has 2 aromatic rings. The lowest BCUT2D eigenvalue weighted by atomic mass is 9.63. The van der Waals surface area contributed by atoms with E-state index in [2.05, 4.69) is 60.0 Å². The molecule has 0 unspecified atom stereocenters. The van der Waals surface area contributed by atoms with Crippen molar-refractivity contribution in [3.8, 4) is 18.4 Å². The van der Waals surface area contributed by atoms with Crippen LogP contribution >= 0.6 is 0 Å². The number of nitrogens with zero attached hydrogens (tertiary/aromatic N) is 4. The summed E-state index contributed by atoms with van der Waals surface area (Å²) in [5, 5.41) is -2.50. The predicted octanol–water partition coefficient (Wildman–Crippen LogP) is 4.08. The van der Waals surface area contributed by atoms with Crippen molar-refractivity contribution in [2.75, 3.05) is 26.1 Å². The minimum atomic E-state index is -1.61. The van der Waals surface area contributed by atoms with Crippen molar-refractivity contribution in [3.63, 3.8) is 0 Å². The lowest BCUT2D eigenvalue weighted by Gasteiger charge is -2.59. The molecule has 1 aliphatic rings. The van der Waals surface area contributed by atoms with E-state index in [1.54, 1.807) is 7.11 Å². The van der Waals surface area contributed by atoms with Crippen molar-refractivity contribution in [2.24, 2.45) is 5.41 Å². The first-order valence-electron chi connectivity index (χ1n) is 13.8. The van der Waals surface area contributed by atoms with Crippen LogP contribution in [0.15, 0.2) is 6.33 Å². The molecule has 0 amide bonds. The third kappa shape index (κ3) is 5.12. The van der Waals surface area contributed by atoms with Gasteiger partial charge in [0.2, 0.25) is 0 Å². The molecule has 3 heterocycles. The van der Waals surface area contributed by atoms with Crippen LogP contribution in [-0.2, 0) is 24.3 Å². The number of imidazole rings is 1. The summed E-state index contributed by atoms with van der Waals surface area (Å²) in [6.07, 6.45) is 7.02. The monoisotopic (exact) mass is 601 g/mol. The Bertz CT molecular complexity index is 1310. The Labute approximate surface area is 250 Å². The van der Waals surface area contributed by atoms with E-state index >= 15 is 0 Å². The van der Waals surface area contributed by atoms with Gasteiger partial charge in [0.25, 0.3) is 0 Å². The lowest BCUT2D eigenvalue weighted by Crippen LogP contribution is -2.76. The molecule has 41 heavy (non-hydrogen) atoms. The molecule has 2 N–H and O–H groups in total. The second kappa shape index (κ2) is 10.6. The summed E-state index contributed by atoms with van der Waals surface area (Å²) in [5.41, 5.74) is 3.06. The highest BCUT2D eigenvalue weighted by Gasteiger charge is 2.83. The molecule has 0 bridgehead atoms. The van der Waals surface area contributed by atoms with E-state index in [4.69, 9.17) is 40.8 Å². The lowest BCUT2D eigenvalue weighted by molar-refractivity contribution is -0.276. The molecule has 1 fully saturated rings. The van der Waals surface area contributed by atoms with Crippen LogP contribution in [-0.4, -0.2) is 86.5 Å². The van der Waals surface area contributed by atoms with Crippen LogP contribution in [0.4, 0.5) is 5.82 Å². The number of hydrogen-bond acceptors (Lipinski definition) is 9. The Balaban J connectivity index is 2.62. The number of terminal acetylenes is 1. The van der Waals surface area contributed by atoms with Crippen LogP contribution in [0, 0.1) is 17.8 Å². The fraction of sp³-hybridized carbons (Fsp3) is 0.759. The van der Waals surface area contributed by atoms with Gasteiger partial charge in [-0.05, 0) is 53.9 Å². The van der Waals surface area contributed by atoms with Crippen LogP contribution in [0.5, 0.6) is 6.01 Å². The van der Waals surface area contributed by atoms with Crippen molar-refractivity contribution in [1.29, 1.82) is 0 Å². The topological polar surface area (TPSA) is 116 Å². The molecular formula is C29H47N5O5Si2. The first-order chi connectivity index (χ1) is 18.6. The molecule has 0 spiro atoms. The largest absolute Gasteiger partial charge is 0.451 e. The molecule has 0 saturated carbocycles. The average Bonchev–Trinajstić information content (AvgIpc) is 3.25. The summed E-state index contributed by atoms with van der Waals surface area (Å²) in [6.45, 7) is 24.9. The summed E-state index contributed by atoms with van der Waals surface area (Å²) >= 11 is 0. The average molecular weight is 602 g/mol. The maximum absolute atomic E-state index is 7.48. The van der Waals surface area contributed by atoms with E-state index in [1.807, 2.05) is 53.0 Å². The van der Waals surface area contributed by atoms with Gasteiger partial charge in [0.1, 0.15) is 31.6 Å². The Hall–Kier alpha value is -2.02. The molecule has 4 atom stereocenters. The smallest absolute Gasteiger partial charge is 0.301 e. The van der Waals surface area contributed by atoms with Crippen LogP contribution in [0.1, 0.15) is 69.2 Å². The third-order valence-electron chi connectivity index (χ3n) is 7.51. The van der Waals surface area contributed by atoms with Crippen LogP contribution in [0.2, 0.25) is 13.1 Å². The third-order valence-corrected chi connectivity index (χ3v) is 10.3. The predicted molar refractivity (Wildman–Crippen MR) is 163 cm³/mol. The van der Waals surface area contributed by atoms with E-state index in [-0.39, 0.29) is 25.0 Å². The molecule has 2 aromatic heterocycles. The highest BCUT2D eigenvalue weighted by atomic mass is 28.3. The molecule has 10 nitrogen and oxygen atoms in total. The van der Waals surface area contributed by atoms with Gasteiger partial charge in [0.15, 0.2) is 28.9 Å². The van der Waals surface area contributed by atoms with Gasteiger partial charge >= 0.3 is 6.01 Å². The van der Waals surface area contributed by atoms with E-state index < -0.39 is 47.2 Å². The van der Waals surface area contributed by atoms with Crippen molar-refractivity contribution in [2.45, 2.75) is 115 Å². The number of anilines is 1. The quantitative estimate of drug-likeness (QED) is 0.353. The SMILES string of the molecule is C#CCOc1nc2c(N)ncnc2n1[C@]1([Si](C)C)O[C@]([Si])(COC(C)(C)C)[C@](OC)(C(C)(C)C)[C@@]1(C)OC(C)(C)C. The number of nitrogens with two attached hydrogens (primary N) is 1. The normalized spacial score (nSPS) is 29.3. The van der Waals surface area contributed by atoms with E-state index in [0.29, 0.717) is 11.2 Å². The Morgan fingerprint density at radius 1 is 1.10 bits per heavy atom. The molecule has 4 radical (unpaired) electrons. The van der Waals surface area contributed by atoms with Gasteiger partial charge < -0.3 is 29.4 Å². The van der Waals surface area contributed by atoms with Gasteiger partial charge in [-0.1, -0.05) is 39.8 Å². The van der Waals surface area contributed by atoms with E-state index in [1.165, 1.54) is 6.33 Å². The highest BCUT2D eigenvalue weighted by molar-refractivity contribution is 6.58. The molecule has 0 aromatic carbocycles. The van der Waals surface area contributed by atoms with Crippen LogP contribution in [0.3, 0.4) is 0 Å². The molecule has 3 rings (SSSR count). The number of fused-ring (bicyclic) bond motifs is 1. The number of aromatic nitrogens is 4. The van der Waals surface area contributed by atoms with Crippen LogP contribution in [0.25, 0.3) is 11.2 Å². The van der Waals surface area contributed by atoms with Gasteiger partial charge in [-0.2, -0.15) is 4.98 Å². The molecule has 1 aliphatic heterocycles. The first-order valence-corrected chi connectivity index (χ1v) is 16.8. The highest BCUT2D eigenvalue weighted by Crippen LogP contribution is 2.66. The summed E-state index contributed by atoms with van der Waals surface area (Å²) < 4.78 is 35.9. The number of nitrogen functional groups attached to an aromatic ring is 1. The number of hydrogen-bond donors (Lipinski definition) is 1. The van der Waals surface area contributed by atoms with Gasteiger partial charge in [0.05, 0.1) is 28.1 Å². The minimum absolute atomic E-state index is 0.0279. The Kier molecular flexibility index (Phi) is 8.66. The van der Waals surface area contributed by atoms with Crippen molar-refractivity contribution in [3.05, 3.63) is 6.33 Å². The maximum Gasteiger partial charge on any atom is 0.301 e. The van der Waals surface area contributed by atoms with Gasteiger partial charge in [-0.3, -0.25) is 0 Å². The molecule has 0 aliphatic carbocycles. The van der Waals surface area contributed by atoms with Crippen LogP contribution < -0.4 is 10.5 Å². The second-order valence-electron chi connectivity index (χ2n) is 14.0. The zero-order chi connectivity index (χ0) is 31.4. The van der Waals surface area contributed by atoms with Crippen molar-refractivity contribution >= 4 is 36.0 Å². The Morgan fingerprint density at radius 3 is 2.17 bits per heavy atom. The fourth-order valence-electron chi connectivity index (χ4n) is 6.67. The fourth-order valence-corrected chi connectivity index (χ4v) is 9.92. The zero-order valence-corrected chi connectivity index (χ0v) is 29.0. The Morgan fingerprint density at radius 2 is 1.71 bits per heavy atom. The number of ether oxygens (including phenoxy) is 5. The number of rotatable bonds is 8. The van der Waals surface area contributed by atoms with Crippen molar-refractivity contribution < 1.29 is 23.7 Å². The van der Waals surface area contributed by atoms with Gasteiger partial charge in [0, 0.05) is 7.11 Å². The second-order valence-corrected chi connectivity index (χ2v) is 17.5. The summed E-state index contributed by atoms with van der Waals surface area (Å²) in [6, 6.07) is 0.201. The van der Waals surface area contributed by atoms with Gasteiger partial charge in [-0.25, -0.2) is 14.5 Å². The standard InChI is InChI=1S/C29H47N5O5Si2/c1-15-16-36-22-33-19-20(30)31-18-32-21(19)34(22)29(41(13)14)26(11,38-25(8,9)10)28(35-12,23(2,3)4)27(40,39-29)17-37-24(5,6)7/h1,18H,16-17H2,2-14H3,(H2,30,31,32)/t26-,27+,28+,29+/m1/s1. The summed E-state index contributed by atoms with van der Waals surface area (Å²) in [5.74, 6) is 2.75. The maximum atomic E-state index is 7.48. The molecule has 12 heteroatoms. The van der Waals surface area contributed by atoms with Gasteiger partial charge in [-0.15, -0.1) is 6.42 Å². The van der Waals surface area contributed by atoms with E-state index in [0.717, 1.165) is 0 Å². The number of methoxy groups -OCH3 is 1. The van der Waals surface area contributed by atoms with Crippen molar-refractivity contribution in [1.82, 2.24) is 19.5 Å². The minimum Gasteiger partial charge on any atom is -0.451 e. The molecule has 1 saturated heterocycles. The van der Waals surface area contributed by atoms with E-state index in [9.17, 15) is 0 Å². The summed E-state index contributed by atoms with van der Waals surface area (Å²) in [4.78, 5) is 13.6. The zero-order valence-electron chi connectivity index (χ0n) is 27.0. The molecular weight excluding hydrogens is 555 g/mol. The molecule has 226 valence electrons. The first kappa shape index (κ1) is 33.5.